The number of hydrogen-bond acceptors (Lipinski definition) is 3. The number of ether oxygens (including phenoxy) is 1. The highest BCUT2D eigenvalue weighted by atomic mass is 19.1. The summed E-state index contributed by atoms with van der Waals surface area (Å²) >= 11 is 0. The summed E-state index contributed by atoms with van der Waals surface area (Å²) < 4.78 is 19.4. The molecule has 1 fully saturated rings. The molecule has 1 atom stereocenters. The van der Waals surface area contributed by atoms with Gasteiger partial charge in [0.25, 0.3) is 0 Å². The van der Waals surface area contributed by atoms with Gasteiger partial charge < -0.3 is 10.1 Å². The van der Waals surface area contributed by atoms with Crippen LogP contribution >= 0.6 is 0 Å². The van der Waals surface area contributed by atoms with Gasteiger partial charge in [0.1, 0.15) is 5.82 Å². The minimum Gasteiger partial charge on any atom is -0.377 e. The Morgan fingerprint density at radius 1 is 1.16 bits per heavy atom. The lowest BCUT2D eigenvalue weighted by molar-refractivity contribution is -0.117. The maximum atomic E-state index is 13.7. The van der Waals surface area contributed by atoms with Gasteiger partial charge in [0.15, 0.2) is 0 Å². The predicted molar refractivity (Wildman–Crippen MR) is 95.7 cm³/mol. The summed E-state index contributed by atoms with van der Waals surface area (Å²) in [5.41, 5.74) is 1.35. The van der Waals surface area contributed by atoms with Crippen LogP contribution in [0.1, 0.15) is 18.4 Å². The molecule has 0 spiro atoms. The standard InChI is InChI=1S/C20H23FN2O2/c21-18-10-4-5-11-19(18)22-20(24)15-23(14-17-9-6-12-25-17)13-16-7-2-1-3-8-16/h1-5,7-8,10-11,17H,6,9,12-15H2,(H,22,24). The van der Waals surface area contributed by atoms with Crippen molar-refractivity contribution in [2.75, 3.05) is 25.0 Å². The smallest absolute Gasteiger partial charge is 0.238 e. The van der Waals surface area contributed by atoms with E-state index in [1.165, 1.54) is 6.07 Å². The molecule has 4 nitrogen and oxygen atoms in total. The third-order valence-corrected chi connectivity index (χ3v) is 4.25. The molecular formula is C20H23FN2O2. The van der Waals surface area contributed by atoms with Crippen molar-refractivity contribution >= 4 is 11.6 Å². The van der Waals surface area contributed by atoms with Crippen LogP contribution in [0.4, 0.5) is 10.1 Å². The molecule has 0 bridgehead atoms. The van der Waals surface area contributed by atoms with Crippen molar-refractivity contribution in [3.05, 3.63) is 66.0 Å². The van der Waals surface area contributed by atoms with Crippen molar-refractivity contribution in [2.24, 2.45) is 0 Å². The van der Waals surface area contributed by atoms with Gasteiger partial charge in [-0.3, -0.25) is 9.69 Å². The monoisotopic (exact) mass is 342 g/mol. The van der Waals surface area contributed by atoms with Crippen molar-refractivity contribution in [3.63, 3.8) is 0 Å². The third kappa shape index (κ3) is 5.37. The largest absolute Gasteiger partial charge is 0.377 e. The van der Waals surface area contributed by atoms with Crippen molar-refractivity contribution in [1.29, 1.82) is 0 Å². The number of carbonyl (C=O) groups is 1. The first-order chi connectivity index (χ1) is 12.2. The SMILES string of the molecule is O=C(CN(Cc1ccccc1)CC1CCCO1)Nc1ccccc1F. The molecular weight excluding hydrogens is 319 g/mol. The molecule has 5 heteroatoms. The van der Waals surface area contributed by atoms with Crippen molar-refractivity contribution in [1.82, 2.24) is 4.90 Å². The summed E-state index contributed by atoms with van der Waals surface area (Å²) in [4.78, 5) is 14.4. The number of nitrogens with one attached hydrogen (secondary N) is 1. The summed E-state index contributed by atoms with van der Waals surface area (Å²) in [5.74, 6) is -0.649. The molecule has 1 N–H and O–H groups in total. The average molecular weight is 342 g/mol. The molecule has 2 aromatic carbocycles. The molecule has 0 aliphatic carbocycles. The van der Waals surface area contributed by atoms with E-state index in [1.54, 1.807) is 18.2 Å². The van der Waals surface area contributed by atoms with Crippen molar-refractivity contribution in [2.45, 2.75) is 25.5 Å². The Morgan fingerprint density at radius 2 is 1.92 bits per heavy atom. The fourth-order valence-electron chi connectivity index (χ4n) is 3.06. The van der Waals surface area contributed by atoms with E-state index in [-0.39, 0.29) is 24.2 Å². The number of nitrogens with zero attached hydrogens (tertiary/aromatic N) is 1. The van der Waals surface area contributed by atoms with Gasteiger partial charge in [0.2, 0.25) is 5.91 Å². The Bertz CT molecular complexity index is 687. The number of anilines is 1. The molecule has 1 aliphatic rings. The molecule has 132 valence electrons. The Kier molecular flexibility index (Phi) is 6.14. The van der Waals surface area contributed by atoms with Crippen LogP contribution in [0.3, 0.4) is 0 Å². The summed E-state index contributed by atoms with van der Waals surface area (Å²) in [6.07, 6.45) is 2.23. The molecule has 1 saturated heterocycles. The molecule has 0 radical (unpaired) electrons. The van der Waals surface area contributed by atoms with E-state index in [0.29, 0.717) is 13.1 Å². The van der Waals surface area contributed by atoms with Crippen LogP contribution in [0.2, 0.25) is 0 Å². The van der Waals surface area contributed by atoms with Gasteiger partial charge in [-0.15, -0.1) is 0 Å². The fourth-order valence-corrected chi connectivity index (χ4v) is 3.06. The van der Waals surface area contributed by atoms with Crippen LogP contribution in [0.5, 0.6) is 0 Å². The van der Waals surface area contributed by atoms with E-state index in [9.17, 15) is 9.18 Å². The van der Waals surface area contributed by atoms with Gasteiger partial charge >= 0.3 is 0 Å². The maximum absolute atomic E-state index is 13.7. The van der Waals surface area contributed by atoms with E-state index in [2.05, 4.69) is 10.2 Å². The fraction of sp³-hybridized carbons (Fsp3) is 0.350. The summed E-state index contributed by atoms with van der Waals surface area (Å²) in [5, 5.41) is 2.65. The van der Waals surface area contributed by atoms with Gasteiger partial charge in [-0.25, -0.2) is 4.39 Å². The topological polar surface area (TPSA) is 41.6 Å². The van der Waals surface area contributed by atoms with Crippen LogP contribution in [0, 0.1) is 5.82 Å². The summed E-state index contributed by atoms with van der Waals surface area (Å²) in [6.45, 7) is 2.33. The highest BCUT2D eigenvalue weighted by Gasteiger charge is 2.21. The van der Waals surface area contributed by atoms with Crippen LogP contribution in [-0.2, 0) is 16.1 Å². The van der Waals surface area contributed by atoms with Gasteiger partial charge in [0.05, 0.1) is 18.3 Å². The molecule has 1 unspecified atom stereocenters. The Morgan fingerprint density at radius 3 is 2.64 bits per heavy atom. The number of carbonyl (C=O) groups excluding carboxylic acids is 1. The highest BCUT2D eigenvalue weighted by Crippen LogP contribution is 2.16. The zero-order valence-corrected chi connectivity index (χ0v) is 14.2. The lowest BCUT2D eigenvalue weighted by Crippen LogP contribution is -2.38. The second kappa shape index (κ2) is 8.74. The van der Waals surface area contributed by atoms with E-state index < -0.39 is 5.82 Å². The first-order valence-electron chi connectivity index (χ1n) is 8.63. The van der Waals surface area contributed by atoms with Crippen LogP contribution < -0.4 is 5.32 Å². The summed E-state index contributed by atoms with van der Waals surface area (Å²) in [6, 6.07) is 16.2. The van der Waals surface area contributed by atoms with Crippen molar-refractivity contribution < 1.29 is 13.9 Å². The van der Waals surface area contributed by atoms with Crippen LogP contribution in [0.15, 0.2) is 54.6 Å². The first-order valence-corrected chi connectivity index (χ1v) is 8.63. The normalized spacial score (nSPS) is 17.0. The molecule has 25 heavy (non-hydrogen) atoms. The maximum Gasteiger partial charge on any atom is 0.238 e. The molecule has 0 saturated carbocycles. The molecule has 1 aliphatic heterocycles. The average Bonchev–Trinajstić information content (AvgIpc) is 3.11. The van der Waals surface area contributed by atoms with E-state index in [0.717, 1.165) is 25.0 Å². The molecule has 2 aromatic rings. The minimum absolute atomic E-state index is 0.157. The lowest BCUT2D eigenvalue weighted by atomic mass is 10.2. The minimum atomic E-state index is -0.426. The molecule has 0 aromatic heterocycles. The third-order valence-electron chi connectivity index (χ3n) is 4.25. The number of para-hydroxylation sites is 1. The van der Waals surface area contributed by atoms with Crippen molar-refractivity contribution in [3.8, 4) is 0 Å². The zero-order chi connectivity index (χ0) is 17.5. The molecule has 1 heterocycles. The molecule has 3 rings (SSSR count). The number of halogens is 1. The predicted octanol–water partition coefficient (Wildman–Crippen LogP) is 3.45. The number of benzene rings is 2. The quantitative estimate of drug-likeness (QED) is 0.838. The number of hydrogen-bond donors (Lipinski definition) is 1. The Balaban J connectivity index is 1.63. The van der Waals surface area contributed by atoms with E-state index in [4.69, 9.17) is 4.74 Å². The summed E-state index contributed by atoms with van der Waals surface area (Å²) in [7, 11) is 0. The second-order valence-electron chi connectivity index (χ2n) is 6.32. The van der Waals surface area contributed by atoms with Crippen LogP contribution in [0.25, 0.3) is 0 Å². The van der Waals surface area contributed by atoms with E-state index >= 15 is 0 Å². The zero-order valence-electron chi connectivity index (χ0n) is 14.2. The lowest BCUT2D eigenvalue weighted by Gasteiger charge is -2.24. The van der Waals surface area contributed by atoms with Gasteiger partial charge in [0, 0.05) is 19.7 Å². The van der Waals surface area contributed by atoms with E-state index in [1.807, 2.05) is 30.3 Å². The second-order valence-corrected chi connectivity index (χ2v) is 6.32. The Hall–Kier alpha value is -2.24. The number of rotatable bonds is 7. The first kappa shape index (κ1) is 17.6. The number of amides is 1. The van der Waals surface area contributed by atoms with Crippen LogP contribution in [-0.4, -0.2) is 36.6 Å². The molecule has 1 amide bonds. The highest BCUT2D eigenvalue weighted by molar-refractivity contribution is 5.92. The van der Waals surface area contributed by atoms with Gasteiger partial charge in [-0.1, -0.05) is 42.5 Å². The van der Waals surface area contributed by atoms with Gasteiger partial charge in [-0.05, 0) is 30.5 Å². The Labute approximate surface area is 147 Å². The van der Waals surface area contributed by atoms with Gasteiger partial charge in [-0.2, -0.15) is 0 Å².